The van der Waals surface area contributed by atoms with Crippen LogP contribution in [-0.2, 0) is 9.53 Å². The predicted molar refractivity (Wildman–Crippen MR) is 70.0 cm³/mol. The van der Waals surface area contributed by atoms with Crippen molar-refractivity contribution in [3.05, 3.63) is 35.9 Å². The molecular formula is C14H20N2O2. The van der Waals surface area contributed by atoms with Gasteiger partial charge in [-0.1, -0.05) is 30.3 Å². The molecule has 0 aliphatic carbocycles. The van der Waals surface area contributed by atoms with E-state index in [0.29, 0.717) is 13.0 Å². The number of benzene rings is 1. The number of carbonyl (C=O) groups is 1. The number of hydrogen-bond donors (Lipinski definition) is 2. The maximum Gasteiger partial charge on any atom is 0.221 e. The van der Waals surface area contributed by atoms with Crippen LogP contribution >= 0.6 is 0 Å². The Labute approximate surface area is 108 Å². The molecule has 0 spiro atoms. The SMILES string of the molecule is N[C@@H](CC(=O)NC[C@@H]1CCCO1)c1ccccc1. The van der Waals surface area contributed by atoms with Gasteiger partial charge in [0.05, 0.1) is 6.10 Å². The first-order valence-corrected chi connectivity index (χ1v) is 6.44. The fraction of sp³-hybridized carbons (Fsp3) is 0.500. The topological polar surface area (TPSA) is 64.4 Å². The average molecular weight is 248 g/mol. The van der Waals surface area contributed by atoms with Gasteiger partial charge in [-0.05, 0) is 18.4 Å². The van der Waals surface area contributed by atoms with Crippen molar-refractivity contribution in [2.45, 2.75) is 31.4 Å². The van der Waals surface area contributed by atoms with E-state index in [0.717, 1.165) is 25.0 Å². The highest BCUT2D eigenvalue weighted by Gasteiger charge is 2.17. The number of nitrogens with two attached hydrogens (primary N) is 1. The van der Waals surface area contributed by atoms with Crippen molar-refractivity contribution in [1.82, 2.24) is 5.32 Å². The molecule has 1 amide bonds. The average Bonchev–Trinajstić information content (AvgIpc) is 2.90. The number of rotatable bonds is 5. The van der Waals surface area contributed by atoms with E-state index in [1.165, 1.54) is 0 Å². The van der Waals surface area contributed by atoms with E-state index in [4.69, 9.17) is 10.5 Å². The molecule has 1 aromatic carbocycles. The quantitative estimate of drug-likeness (QED) is 0.827. The van der Waals surface area contributed by atoms with Gasteiger partial charge >= 0.3 is 0 Å². The molecule has 1 aromatic rings. The maximum atomic E-state index is 11.7. The van der Waals surface area contributed by atoms with Crippen molar-refractivity contribution in [3.63, 3.8) is 0 Å². The fourth-order valence-electron chi connectivity index (χ4n) is 2.12. The van der Waals surface area contributed by atoms with E-state index in [9.17, 15) is 4.79 Å². The Bertz CT molecular complexity index is 375. The Balaban J connectivity index is 1.73. The molecule has 1 aliphatic rings. The molecule has 1 heterocycles. The number of carbonyl (C=O) groups excluding carboxylic acids is 1. The molecule has 4 nitrogen and oxygen atoms in total. The minimum atomic E-state index is -0.240. The summed E-state index contributed by atoms with van der Waals surface area (Å²) in [4.78, 5) is 11.7. The molecule has 1 fully saturated rings. The van der Waals surface area contributed by atoms with Crippen LogP contribution in [-0.4, -0.2) is 25.2 Å². The van der Waals surface area contributed by atoms with E-state index in [1.807, 2.05) is 30.3 Å². The summed E-state index contributed by atoms with van der Waals surface area (Å²) in [7, 11) is 0. The van der Waals surface area contributed by atoms with Gasteiger partial charge in [-0.3, -0.25) is 4.79 Å². The van der Waals surface area contributed by atoms with Gasteiger partial charge in [-0.25, -0.2) is 0 Å². The summed E-state index contributed by atoms with van der Waals surface area (Å²) in [6.07, 6.45) is 2.62. The molecular weight excluding hydrogens is 228 g/mol. The first-order chi connectivity index (χ1) is 8.75. The molecule has 2 rings (SSSR count). The molecule has 4 heteroatoms. The van der Waals surface area contributed by atoms with Crippen molar-refractivity contribution in [2.24, 2.45) is 5.73 Å². The number of hydrogen-bond acceptors (Lipinski definition) is 3. The van der Waals surface area contributed by atoms with E-state index in [1.54, 1.807) is 0 Å². The lowest BCUT2D eigenvalue weighted by Gasteiger charge is -2.14. The van der Waals surface area contributed by atoms with Gasteiger partial charge in [0.1, 0.15) is 0 Å². The highest BCUT2D eigenvalue weighted by molar-refractivity contribution is 5.76. The summed E-state index contributed by atoms with van der Waals surface area (Å²) in [5.41, 5.74) is 6.98. The van der Waals surface area contributed by atoms with Gasteiger partial charge in [0, 0.05) is 25.6 Å². The zero-order valence-corrected chi connectivity index (χ0v) is 10.5. The van der Waals surface area contributed by atoms with Crippen LogP contribution in [0.15, 0.2) is 30.3 Å². The third kappa shape index (κ3) is 3.82. The van der Waals surface area contributed by atoms with Crippen molar-refractivity contribution < 1.29 is 9.53 Å². The minimum absolute atomic E-state index is 0.0122. The molecule has 2 atom stereocenters. The van der Waals surface area contributed by atoms with Gasteiger partial charge in [0.15, 0.2) is 0 Å². The Morgan fingerprint density at radius 3 is 2.89 bits per heavy atom. The molecule has 0 unspecified atom stereocenters. The summed E-state index contributed by atoms with van der Waals surface area (Å²) >= 11 is 0. The Morgan fingerprint density at radius 1 is 1.44 bits per heavy atom. The van der Waals surface area contributed by atoms with Crippen LogP contribution in [0.2, 0.25) is 0 Å². The summed E-state index contributed by atoms with van der Waals surface area (Å²) in [6.45, 7) is 1.41. The first-order valence-electron chi connectivity index (χ1n) is 6.44. The molecule has 98 valence electrons. The zero-order valence-electron chi connectivity index (χ0n) is 10.5. The van der Waals surface area contributed by atoms with Crippen molar-refractivity contribution in [3.8, 4) is 0 Å². The molecule has 0 radical (unpaired) electrons. The van der Waals surface area contributed by atoms with E-state index in [-0.39, 0.29) is 18.1 Å². The van der Waals surface area contributed by atoms with E-state index in [2.05, 4.69) is 5.32 Å². The second-order valence-corrected chi connectivity index (χ2v) is 4.66. The summed E-state index contributed by atoms with van der Waals surface area (Å²) < 4.78 is 5.45. The Hall–Kier alpha value is -1.39. The summed E-state index contributed by atoms with van der Waals surface area (Å²) in [6, 6.07) is 9.44. The number of amides is 1. The standard InChI is InChI=1S/C14H20N2O2/c15-13(11-5-2-1-3-6-11)9-14(17)16-10-12-7-4-8-18-12/h1-3,5-6,12-13H,4,7-10,15H2,(H,16,17)/t12-,13-/m0/s1. The Kier molecular flexibility index (Phi) is 4.73. The number of ether oxygens (including phenoxy) is 1. The smallest absolute Gasteiger partial charge is 0.221 e. The van der Waals surface area contributed by atoms with Gasteiger partial charge in [0.2, 0.25) is 5.91 Å². The summed E-state index contributed by atoms with van der Waals surface area (Å²) in [5.74, 6) is -0.0122. The predicted octanol–water partition coefficient (Wildman–Crippen LogP) is 1.37. The van der Waals surface area contributed by atoms with E-state index < -0.39 is 0 Å². The lowest BCUT2D eigenvalue weighted by molar-refractivity contribution is -0.121. The van der Waals surface area contributed by atoms with Crippen LogP contribution in [0.4, 0.5) is 0 Å². The zero-order chi connectivity index (χ0) is 12.8. The summed E-state index contributed by atoms with van der Waals surface area (Å²) in [5, 5.41) is 2.88. The van der Waals surface area contributed by atoms with Crippen molar-refractivity contribution in [1.29, 1.82) is 0 Å². The van der Waals surface area contributed by atoms with Gasteiger partial charge in [0.25, 0.3) is 0 Å². The number of nitrogens with one attached hydrogen (secondary N) is 1. The monoisotopic (exact) mass is 248 g/mol. The molecule has 0 saturated carbocycles. The van der Waals surface area contributed by atoms with Crippen LogP contribution < -0.4 is 11.1 Å². The first kappa shape index (κ1) is 13.1. The lowest BCUT2D eigenvalue weighted by atomic mass is 10.0. The molecule has 0 aromatic heterocycles. The maximum absolute atomic E-state index is 11.7. The van der Waals surface area contributed by atoms with Gasteiger partial charge in [-0.2, -0.15) is 0 Å². The molecule has 3 N–H and O–H groups in total. The van der Waals surface area contributed by atoms with Crippen LogP contribution in [0.25, 0.3) is 0 Å². The molecule has 1 saturated heterocycles. The second kappa shape index (κ2) is 6.52. The molecule has 1 aliphatic heterocycles. The third-order valence-corrected chi connectivity index (χ3v) is 3.18. The third-order valence-electron chi connectivity index (χ3n) is 3.18. The Morgan fingerprint density at radius 2 is 2.22 bits per heavy atom. The highest BCUT2D eigenvalue weighted by Crippen LogP contribution is 2.14. The molecule has 0 bridgehead atoms. The minimum Gasteiger partial charge on any atom is -0.376 e. The van der Waals surface area contributed by atoms with Gasteiger partial charge < -0.3 is 15.8 Å². The van der Waals surface area contributed by atoms with Crippen molar-refractivity contribution >= 4 is 5.91 Å². The largest absolute Gasteiger partial charge is 0.376 e. The highest BCUT2D eigenvalue weighted by atomic mass is 16.5. The van der Waals surface area contributed by atoms with Crippen LogP contribution in [0.5, 0.6) is 0 Å². The normalized spacial score (nSPS) is 20.6. The van der Waals surface area contributed by atoms with Crippen LogP contribution in [0.1, 0.15) is 30.9 Å². The fourth-order valence-corrected chi connectivity index (χ4v) is 2.12. The van der Waals surface area contributed by atoms with E-state index >= 15 is 0 Å². The molecule has 18 heavy (non-hydrogen) atoms. The van der Waals surface area contributed by atoms with Gasteiger partial charge in [-0.15, -0.1) is 0 Å². The van der Waals surface area contributed by atoms with Crippen LogP contribution in [0, 0.1) is 0 Å². The second-order valence-electron chi connectivity index (χ2n) is 4.66. The van der Waals surface area contributed by atoms with Crippen molar-refractivity contribution in [2.75, 3.05) is 13.2 Å². The lowest BCUT2D eigenvalue weighted by Crippen LogP contribution is -2.33. The van der Waals surface area contributed by atoms with Crippen LogP contribution in [0.3, 0.4) is 0 Å².